The fourth-order valence-corrected chi connectivity index (χ4v) is 2.63. The van der Waals surface area contributed by atoms with E-state index in [1.807, 2.05) is 19.1 Å². The van der Waals surface area contributed by atoms with Crippen molar-refractivity contribution in [3.8, 4) is 0 Å². The second-order valence-electron chi connectivity index (χ2n) is 6.12. The maximum Gasteiger partial charge on any atom is 0.194 e. The Kier molecular flexibility index (Phi) is 7.23. The number of rotatable bonds is 8. The van der Waals surface area contributed by atoms with Gasteiger partial charge in [0, 0.05) is 5.56 Å². The predicted molar refractivity (Wildman–Crippen MR) is 93.4 cm³/mol. The highest BCUT2D eigenvalue weighted by Gasteiger charge is 2.10. The molecule has 0 nitrogen and oxygen atoms in total. The normalized spacial score (nSPS) is 11.8. The summed E-state index contributed by atoms with van der Waals surface area (Å²) in [4.78, 5) is 0. The van der Waals surface area contributed by atoms with Gasteiger partial charge in [-0.15, -0.1) is 0 Å². The first kappa shape index (κ1) is 19.2. The zero-order chi connectivity index (χ0) is 18.2. The third kappa shape index (κ3) is 5.73. The standard InChI is InChI=1S/C21H22F4/c1-2-3-8-18(22)17-11-9-15(10-12-17)6-4-5-7-16-13-19(23)21(25)20(24)14-16/h8-14H,2-7H2,1H3. The molecule has 0 aliphatic carbocycles. The van der Waals surface area contributed by atoms with Crippen molar-refractivity contribution in [3.05, 3.63) is 76.6 Å². The Hall–Kier alpha value is -2.10. The van der Waals surface area contributed by atoms with Crippen molar-refractivity contribution >= 4 is 5.83 Å². The highest BCUT2D eigenvalue weighted by Crippen LogP contribution is 2.19. The summed E-state index contributed by atoms with van der Waals surface area (Å²) in [6, 6.07) is 9.40. The third-order valence-corrected chi connectivity index (χ3v) is 4.07. The van der Waals surface area contributed by atoms with Crippen LogP contribution >= 0.6 is 0 Å². The lowest BCUT2D eigenvalue weighted by atomic mass is 10.0. The zero-order valence-corrected chi connectivity index (χ0v) is 14.3. The van der Waals surface area contributed by atoms with Gasteiger partial charge in [0.1, 0.15) is 5.83 Å². The molecule has 0 radical (unpaired) electrons. The van der Waals surface area contributed by atoms with Crippen LogP contribution in [-0.4, -0.2) is 0 Å². The number of hydrogen-bond donors (Lipinski definition) is 0. The molecule has 2 aromatic rings. The van der Waals surface area contributed by atoms with E-state index >= 15 is 0 Å². The molecule has 0 N–H and O–H groups in total. The Morgan fingerprint density at radius 2 is 1.44 bits per heavy atom. The van der Waals surface area contributed by atoms with Gasteiger partial charge in [-0.05, 0) is 61.4 Å². The highest BCUT2D eigenvalue weighted by molar-refractivity contribution is 5.59. The largest absolute Gasteiger partial charge is 0.207 e. The Morgan fingerprint density at radius 1 is 0.880 bits per heavy atom. The summed E-state index contributed by atoms with van der Waals surface area (Å²) in [6.45, 7) is 2.00. The maximum absolute atomic E-state index is 13.8. The average Bonchev–Trinajstić information content (AvgIpc) is 2.61. The van der Waals surface area contributed by atoms with Gasteiger partial charge < -0.3 is 0 Å². The van der Waals surface area contributed by atoms with Gasteiger partial charge in [0.2, 0.25) is 0 Å². The molecule has 0 amide bonds. The number of benzene rings is 2. The predicted octanol–water partition coefficient (Wildman–Crippen LogP) is 6.78. The van der Waals surface area contributed by atoms with Crippen LogP contribution in [0, 0.1) is 17.5 Å². The summed E-state index contributed by atoms with van der Waals surface area (Å²) in [5.41, 5.74) is 2.12. The van der Waals surface area contributed by atoms with Crippen molar-refractivity contribution in [1.82, 2.24) is 0 Å². The molecule has 0 bridgehead atoms. The van der Waals surface area contributed by atoms with Crippen LogP contribution in [0.15, 0.2) is 42.5 Å². The second-order valence-corrected chi connectivity index (χ2v) is 6.12. The van der Waals surface area contributed by atoms with Crippen molar-refractivity contribution < 1.29 is 17.6 Å². The highest BCUT2D eigenvalue weighted by atomic mass is 19.2. The number of aryl methyl sites for hydroxylation is 2. The van der Waals surface area contributed by atoms with Crippen LogP contribution in [0.5, 0.6) is 0 Å². The maximum atomic E-state index is 13.8. The minimum atomic E-state index is -1.43. The molecule has 0 heterocycles. The molecule has 134 valence electrons. The Morgan fingerprint density at radius 3 is 2.00 bits per heavy atom. The molecule has 0 aliphatic heterocycles. The zero-order valence-electron chi connectivity index (χ0n) is 14.3. The Bertz CT molecular complexity index is 694. The monoisotopic (exact) mass is 350 g/mol. The second kappa shape index (κ2) is 9.40. The molecule has 0 fully saturated rings. The topological polar surface area (TPSA) is 0 Å². The van der Waals surface area contributed by atoms with Crippen LogP contribution < -0.4 is 0 Å². The fraction of sp³-hybridized carbons (Fsp3) is 0.333. The molecule has 2 rings (SSSR count). The van der Waals surface area contributed by atoms with E-state index in [2.05, 4.69) is 0 Å². The lowest BCUT2D eigenvalue weighted by Gasteiger charge is -2.05. The van der Waals surface area contributed by atoms with Crippen molar-refractivity contribution in [1.29, 1.82) is 0 Å². The first-order chi connectivity index (χ1) is 12.0. The summed E-state index contributed by atoms with van der Waals surface area (Å²) < 4.78 is 53.0. The third-order valence-electron chi connectivity index (χ3n) is 4.07. The first-order valence-electron chi connectivity index (χ1n) is 8.59. The van der Waals surface area contributed by atoms with Gasteiger partial charge in [-0.1, -0.05) is 37.6 Å². The van der Waals surface area contributed by atoms with Gasteiger partial charge in [-0.3, -0.25) is 0 Å². The molecule has 0 unspecified atom stereocenters. The van der Waals surface area contributed by atoms with E-state index in [-0.39, 0.29) is 5.83 Å². The smallest absolute Gasteiger partial charge is 0.194 e. The van der Waals surface area contributed by atoms with E-state index < -0.39 is 17.5 Å². The molecule has 0 atom stereocenters. The quantitative estimate of drug-likeness (QED) is 0.280. The van der Waals surface area contributed by atoms with E-state index in [1.54, 1.807) is 18.2 Å². The molecule has 0 spiro atoms. The molecule has 2 aromatic carbocycles. The van der Waals surface area contributed by atoms with Crippen molar-refractivity contribution in [2.24, 2.45) is 0 Å². The van der Waals surface area contributed by atoms with Crippen LogP contribution in [0.1, 0.15) is 49.3 Å². The Balaban J connectivity index is 1.82. The summed E-state index contributed by atoms with van der Waals surface area (Å²) in [5, 5.41) is 0. The number of halogens is 4. The SMILES string of the molecule is CCCC=C(F)c1ccc(CCCCc2cc(F)c(F)c(F)c2)cc1. The minimum Gasteiger partial charge on any atom is -0.207 e. The molecule has 0 aliphatic rings. The van der Waals surface area contributed by atoms with E-state index in [0.29, 0.717) is 17.5 Å². The van der Waals surface area contributed by atoms with Crippen LogP contribution in [0.25, 0.3) is 5.83 Å². The molecule has 0 saturated carbocycles. The molecular weight excluding hydrogens is 328 g/mol. The van der Waals surface area contributed by atoms with E-state index in [9.17, 15) is 17.6 Å². The van der Waals surface area contributed by atoms with Crippen LogP contribution in [0.3, 0.4) is 0 Å². The molecule has 25 heavy (non-hydrogen) atoms. The van der Waals surface area contributed by atoms with Gasteiger partial charge >= 0.3 is 0 Å². The minimum absolute atomic E-state index is 0.200. The van der Waals surface area contributed by atoms with Gasteiger partial charge in [0.05, 0.1) is 0 Å². The molecule has 4 heteroatoms. The molecule has 0 saturated heterocycles. The van der Waals surface area contributed by atoms with E-state index in [1.165, 1.54) is 0 Å². The summed E-state index contributed by atoms with van der Waals surface area (Å²) >= 11 is 0. The average molecular weight is 350 g/mol. The number of unbranched alkanes of at least 4 members (excludes halogenated alkanes) is 2. The van der Waals surface area contributed by atoms with Gasteiger partial charge in [-0.25, -0.2) is 17.6 Å². The molecule has 0 aromatic heterocycles. The Labute approximate surface area is 146 Å². The first-order valence-corrected chi connectivity index (χ1v) is 8.59. The van der Waals surface area contributed by atoms with E-state index in [0.717, 1.165) is 49.8 Å². The summed E-state index contributed by atoms with van der Waals surface area (Å²) in [6.07, 6.45) is 6.07. The summed E-state index contributed by atoms with van der Waals surface area (Å²) in [5.74, 6) is -3.93. The number of allylic oxidation sites excluding steroid dienone is 1. The van der Waals surface area contributed by atoms with Gasteiger partial charge in [-0.2, -0.15) is 0 Å². The molecular formula is C21H22F4. The van der Waals surface area contributed by atoms with Crippen LogP contribution in [0.2, 0.25) is 0 Å². The van der Waals surface area contributed by atoms with Crippen LogP contribution in [-0.2, 0) is 12.8 Å². The van der Waals surface area contributed by atoms with Crippen molar-refractivity contribution in [2.75, 3.05) is 0 Å². The summed E-state index contributed by atoms with van der Waals surface area (Å²) in [7, 11) is 0. The van der Waals surface area contributed by atoms with E-state index in [4.69, 9.17) is 0 Å². The van der Waals surface area contributed by atoms with Crippen LogP contribution in [0.4, 0.5) is 17.6 Å². The lowest BCUT2D eigenvalue weighted by Crippen LogP contribution is -1.96. The van der Waals surface area contributed by atoms with Crippen molar-refractivity contribution in [3.63, 3.8) is 0 Å². The van der Waals surface area contributed by atoms with Crippen molar-refractivity contribution in [2.45, 2.75) is 45.4 Å². The number of hydrogen-bond acceptors (Lipinski definition) is 0. The van der Waals surface area contributed by atoms with Gasteiger partial charge in [0.15, 0.2) is 17.5 Å². The van der Waals surface area contributed by atoms with Gasteiger partial charge in [0.25, 0.3) is 0 Å². The lowest BCUT2D eigenvalue weighted by molar-refractivity contribution is 0.445. The fourth-order valence-electron chi connectivity index (χ4n) is 2.63.